The van der Waals surface area contributed by atoms with Crippen LogP contribution in [-0.2, 0) is 9.53 Å². The molecule has 1 saturated heterocycles. The minimum Gasteiger partial charge on any atom is -0.481 e. The van der Waals surface area contributed by atoms with Gasteiger partial charge in [-0.1, -0.05) is 0 Å². The van der Waals surface area contributed by atoms with Crippen LogP contribution in [0.5, 0.6) is 0 Å². The molecule has 6 nitrogen and oxygen atoms in total. The minimum absolute atomic E-state index is 0.00728. The van der Waals surface area contributed by atoms with Crippen molar-refractivity contribution < 1.29 is 19.4 Å². The average Bonchev–Trinajstić information content (AvgIpc) is 2.39. The molecule has 2 atom stereocenters. The molecular formula is C14H26N2O4. The largest absolute Gasteiger partial charge is 0.481 e. The van der Waals surface area contributed by atoms with E-state index in [2.05, 4.69) is 0 Å². The van der Waals surface area contributed by atoms with Gasteiger partial charge in [0.25, 0.3) is 0 Å². The molecule has 0 aromatic carbocycles. The maximum atomic E-state index is 12.5. The number of carboxylic acid groups (broad SMARTS) is 1. The average molecular weight is 286 g/mol. The molecule has 1 fully saturated rings. The van der Waals surface area contributed by atoms with E-state index >= 15 is 0 Å². The molecule has 0 radical (unpaired) electrons. The zero-order chi connectivity index (χ0) is 15.1. The molecule has 1 aliphatic rings. The molecule has 0 aromatic rings. The number of piperidine rings is 1. The van der Waals surface area contributed by atoms with Crippen molar-refractivity contribution in [2.75, 3.05) is 33.4 Å². The number of carbonyl (C=O) groups excluding carboxylic acids is 1. The van der Waals surface area contributed by atoms with Crippen LogP contribution in [0.15, 0.2) is 0 Å². The number of methoxy groups -OCH3 is 1. The Balaban J connectivity index is 2.62. The first kappa shape index (κ1) is 16.8. The normalized spacial score (nSPS) is 20.6. The van der Waals surface area contributed by atoms with Gasteiger partial charge < -0.3 is 19.6 Å². The van der Waals surface area contributed by atoms with Crippen LogP contribution in [0.1, 0.15) is 33.1 Å². The van der Waals surface area contributed by atoms with Crippen LogP contribution in [-0.4, -0.2) is 66.3 Å². The van der Waals surface area contributed by atoms with E-state index in [1.54, 1.807) is 16.9 Å². The standard InChI is InChI=1S/C14H26N2O4/c1-4-16(11(2)10-20-3)14(19)15-7-5-6-12(9-15)8-13(17)18/h11-12H,4-10H2,1-3H3,(H,17,18). The van der Waals surface area contributed by atoms with Crippen LogP contribution < -0.4 is 0 Å². The lowest BCUT2D eigenvalue weighted by Gasteiger charge is -2.37. The van der Waals surface area contributed by atoms with E-state index in [0.717, 1.165) is 12.8 Å². The highest BCUT2D eigenvalue weighted by Crippen LogP contribution is 2.21. The molecule has 2 amide bonds. The van der Waals surface area contributed by atoms with E-state index in [9.17, 15) is 9.59 Å². The topological polar surface area (TPSA) is 70.1 Å². The fraction of sp³-hybridized carbons (Fsp3) is 0.857. The number of hydrogen-bond donors (Lipinski definition) is 1. The Hall–Kier alpha value is -1.30. The Morgan fingerprint density at radius 1 is 1.50 bits per heavy atom. The Morgan fingerprint density at radius 3 is 2.75 bits per heavy atom. The molecule has 1 aliphatic heterocycles. The van der Waals surface area contributed by atoms with Gasteiger partial charge in [-0.05, 0) is 32.6 Å². The predicted molar refractivity (Wildman–Crippen MR) is 75.7 cm³/mol. The summed E-state index contributed by atoms with van der Waals surface area (Å²) in [5, 5.41) is 8.87. The maximum absolute atomic E-state index is 12.5. The number of nitrogens with zero attached hydrogens (tertiary/aromatic N) is 2. The Bertz CT molecular complexity index is 335. The number of amides is 2. The Kier molecular flexibility index (Phi) is 6.78. The smallest absolute Gasteiger partial charge is 0.320 e. The van der Waals surface area contributed by atoms with Crippen molar-refractivity contribution in [1.29, 1.82) is 0 Å². The van der Waals surface area contributed by atoms with Gasteiger partial charge in [-0.25, -0.2) is 4.79 Å². The lowest BCUT2D eigenvalue weighted by Crippen LogP contribution is -2.51. The molecule has 1 N–H and O–H groups in total. The summed E-state index contributed by atoms with van der Waals surface area (Å²) in [4.78, 5) is 26.9. The Labute approximate surface area is 120 Å². The van der Waals surface area contributed by atoms with Crippen molar-refractivity contribution in [3.05, 3.63) is 0 Å². The van der Waals surface area contributed by atoms with Gasteiger partial charge in [-0.15, -0.1) is 0 Å². The van der Waals surface area contributed by atoms with Crippen LogP contribution in [0.25, 0.3) is 0 Å². The van der Waals surface area contributed by atoms with Gasteiger partial charge in [0, 0.05) is 33.2 Å². The number of rotatable bonds is 6. The second kappa shape index (κ2) is 8.09. The summed E-state index contributed by atoms with van der Waals surface area (Å²) >= 11 is 0. The monoisotopic (exact) mass is 286 g/mol. The molecule has 0 aliphatic carbocycles. The quantitative estimate of drug-likeness (QED) is 0.806. The van der Waals surface area contributed by atoms with E-state index in [-0.39, 0.29) is 24.4 Å². The SMILES string of the molecule is CCN(C(=O)N1CCCC(CC(=O)O)C1)C(C)COC. The minimum atomic E-state index is -0.788. The molecular weight excluding hydrogens is 260 g/mol. The zero-order valence-corrected chi connectivity index (χ0v) is 12.7. The maximum Gasteiger partial charge on any atom is 0.320 e. The molecule has 116 valence electrons. The van der Waals surface area contributed by atoms with Crippen molar-refractivity contribution in [3.63, 3.8) is 0 Å². The molecule has 2 unspecified atom stereocenters. The number of likely N-dealkylation sites (N-methyl/N-ethyl adjacent to an activating group) is 1. The molecule has 6 heteroatoms. The van der Waals surface area contributed by atoms with Crippen molar-refractivity contribution >= 4 is 12.0 Å². The third kappa shape index (κ3) is 4.67. The summed E-state index contributed by atoms with van der Waals surface area (Å²) in [5.74, 6) is -0.717. The summed E-state index contributed by atoms with van der Waals surface area (Å²) in [5.41, 5.74) is 0. The summed E-state index contributed by atoms with van der Waals surface area (Å²) in [6.45, 7) is 6.30. The highest BCUT2D eigenvalue weighted by Gasteiger charge is 2.29. The summed E-state index contributed by atoms with van der Waals surface area (Å²) in [7, 11) is 1.62. The number of hydrogen-bond acceptors (Lipinski definition) is 3. The number of carboxylic acids is 1. The second-order valence-corrected chi connectivity index (χ2v) is 5.43. The number of urea groups is 1. The lowest BCUT2D eigenvalue weighted by atomic mass is 9.95. The highest BCUT2D eigenvalue weighted by molar-refractivity contribution is 5.75. The van der Waals surface area contributed by atoms with Gasteiger partial charge in [0.2, 0.25) is 0 Å². The van der Waals surface area contributed by atoms with Crippen molar-refractivity contribution in [2.45, 2.75) is 39.2 Å². The molecule has 0 saturated carbocycles. The van der Waals surface area contributed by atoms with Gasteiger partial charge in [-0.2, -0.15) is 0 Å². The second-order valence-electron chi connectivity index (χ2n) is 5.43. The molecule has 0 spiro atoms. The zero-order valence-electron chi connectivity index (χ0n) is 12.7. The van der Waals surface area contributed by atoms with Gasteiger partial charge in [0.05, 0.1) is 12.6 Å². The fourth-order valence-corrected chi connectivity index (χ4v) is 2.80. The molecule has 0 aromatic heterocycles. The van der Waals surface area contributed by atoms with Crippen LogP contribution in [0.3, 0.4) is 0 Å². The molecule has 20 heavy (non-hydrogen) atoms. The summed E-state index contributed by atoms with van der Waals surface area (Å²) in [6, 6.07) is 0.0180. The van der Waals surface area contributed by atoms with Crippen LogP contribution in [0.2, 0.25) is 0 Å². The Morgan fingerprint density at radius 2 is 2.20 bits per heavy atom. The number of ether oxygens (including phenoxy) is 1. The molecule has 1 rings (SSSR count). The first-order chi connectivity index (χ1) is 9.49. The van der Waals surface area contributed by atoms with Crippen LogP contribution in [0.4, 0.5) is 4.79 Å². The van der Waals surface area contributed by atoms with Gasteiger partial charge in [0.15, 0.2) is 0 Å². The summed E-state index contributed by atoms with van der Waals surface area (Å²) < 4.78 is 5.11. The van der Waals surface area contributed by atoms with Gasteiger partial charge in [-0.3, -0.25) is 4.79 Å². The number of aliphatic carboxylic acids is 1. The first-order valence-corrected chi connectivity index (χ1v) is 7.25. The van der Waals surface area contributed by atoms with E-state index in [1.807, 2.05) is 13.8 Å². The van der Waals surface area contributed by atoms with Gasteiger partial charge in [0.1, 0.15) is 0 Å². The number of likely N-dealkylation sites (tertiary alicyclic amines) is 1. The van der Waals surface area contributed by atoms with E-state index < -0.39 is 5.97 Å². The molecule has 0 bridgehead atoms. The van der Waals surface area contributed by atoms with E-state index in [0.29, 0.717) is 26.2 Å². The van der Waals surface area contributed by atoms with E-state index in [4.69, 9.17) is 9.84 Å². The highest BCUT2D eigenvalue weighted by atomic mass is 16.5. The predicted octanol–water partition coefficient (Wildman–Crippen LogP) is 1.65. The lowest BCUT2D eigenvalue weighted by molar-refractivity contribution is -0.138. The molecule has 1 heterocycles. The van der Waals surface area contributed by atoms with E-state index in [1.165, 1.54) is 0 Å². The summed E-state index contributed by atoms with van der Waals surface area (Å²) in [6.07, 6.45) is 1.90. The van der Waals surface area contributed by atoms with Crippen molar-refractivity contribution in [2.24, 2.45) is 5.92 Å². The van der Waals surface area contributed by atoms with Crippen molar-refractivity contribution in [3.8, 4) is 0 Å². The fourth-order valence-electron chi connectivity index (χ4n) is 2.80. The third-order valence-electron chi connectivity index (χ3n) is 3.78. The van der Waals surface area contributed by atoms with Gasteiger partial charge >= 0.3 is 12.0 Å². The van der Waals surface area contributed by atoms with Crippen LogP contribution in [0, 0.1) is 5.92 Å². The first-order valence-electron chi connectivity index (χ1n) is 7.25. The van der Waals surface area contributed by atoms with Crippen LogP contribution >= 0.6 is 0 Å². The third-order valence-corrected chi connectivity index (χ3v) is 3.78. The number of carbonyl (C=O) groups is 2. The van der Waals surface area contributed by atoms with Crippen molar-refractivity contribution in [1.82, 2.24) is 9.80 Å².